The lowest BCUT2D eigenvalue weighted by atomic mass is 9.95. The van der Waals surface area contributed by atoms with Crippen LogP contribution in [0, 0.1) is 5.41 Å². The van der Waals surface area contributed by atoms with E-state index in [0.29, 0.717) is 10.7 Å². The molecule has 0 amide bonds. The summed E-state index contributed by atoms with van der Waals surface area (Å²) < 4.78 is 4.77. The van der Waals surface area contributed by atoms with E-state index in [4.69, 9.17) is 27.5 Å². The van der Waals surface area contributed by atoms with Crippen LogP contribution in [0.3, 0.4) is 0 Å². The predicted molar refractivity (Wildman–Crippen MR) is 57.3 cm³/mol. The Bertz CT molecular complexity index is 445. The third-order valence-corrected chi connectivity index (χ3v) is 2.61. The molecule has 1 heterocycles. The summed E-state index contributed by atoms with van der Waals surface area (Å²) in [5.41, 5.74) is 6.91. The minimum absolute atomic E-state index is 0.0518. The Balaban J connectivity index is 2.38. The smallest absolute Gasteiger partial charge is 0.352 e. The number of nitrogens with one attached hydrogen (secondary N) is 1. The predicted octanol–water partition coefficient (Wildman–Crippen LogP) is 1.58. The molecule has 1 fully saturated rings. The summed E-state index contributed by atoms with van der Waals surface area (Å²) in [6.45, 7) is 0.184. The van der Waals surface area contributed by atoms with Gasteiger partial charge in [0.05, 0.1) is 5.92 Å². The highest BCUT2D eigenvalue weighted by molar-refractivity contribution is 6.39. The first-order valence-electron chi connectivity index (χ1n) is 4.40. The van der Waals surface area contributed by atoms with Gasteiger partial charge in [-0.05, 0) is 17.7 Å². The molecule has 1 aliphatic rings. The van der Waals surface area contributed by atoms with E-state index in [1.165, 1.54) is 0 Å². The van der Waals surface area contributed by atoms with Crippen molar-refractivity contribution in [2.45, 2.75) is 5.92 Å². The number of carbonyl (C=O) groups is 1. The van der Waals surface area contributed by atoms with Gasteiger partial charge in [0.2, 0.25) is 0 Å². The lowest BCUT2D eigenvalue weighted by Crippen LogP contribution is -2.13. The third kappa shape index (κ3) is 1.68. The zero-order chi connectivity index (χ0) is 11.0. The van der Waals surface area contributed by atoms with Crippen molar-refractivity contribution in [1.82, 2.24) is 0 Å². The summed E-state index contributed by atoms with van der Waals surface area (Å²) in [6.07, 6.45) is 0. The summed E-state index contributed by atoms with van der Waals surface area (Å²) >= 11 is 5.76. The molecule has 78 valence electrons. The van der Waals surface area contributed by atoms with Gasteiger partial charge in [0.25, 0.3) is 0 Å². The number of halogens is 1. The number of hydrogen-bond donors (Lipinski definition) is 2. The van der Waals surface area contributed by atoms with Gasteiger partial charge in [-0.3, -0.25) is 5.41 Å². The average molecular weight is 225 g/mol. The second-order valence-electron chi connectivity index (χ2n) is 3.34. The van der Waals surface area contributed by atoms with Crippen molar-refractivity contribution in [2.75, 3.05) is 12.3 Å². The second kappa shape index (κ2) is 3.55. The maximum absolute atomic E-state index is 11.0. The summed E-state index contributed by atoms with van der Waals surface area (Å²) in [5.74, 6) is -0.941. The van der Waals surface area contributed by atoms with Crippen LogP contribution in [0.1, 0.15) is 11.5 Å². The number of esters is 1. The Morgan fingerprint density at radius 3 is 2.80 bits per heavy atom. The number of anilines is 1. The van der Waals surface area contributed by atoms with E-state index in [1.807, 2.05) is 0 Å². The number of rotatable bonds is 1. The maximum atomic E-state index is 11.0. The molecule has 0 saturated carbocycles. The first kappa shape index (κ1) is 9.98. The highest BCUT2D eigenvalue weighted by atomic mass is 35.5. The molecule has 0 aromatic heterocycles. The Morgan fingerprint density at radius 1 is 1.53 bits per heavy atom. The van der Waals surface area contributed by atoms with Gasteiger partial charge in [-0.25, -0.2) is 4.79 Å². The number of ether oxygens (including phenoxy) is 1. The van der Waals surface area contributed by atoms with E-state index in [9.17, 15) is 4.79 Å². The maximum Gasteiger partial charge on any atom is 0.352 e. The molecular formula is C10H9ClN2O2. The number of nitrogens with two attached hydrogens (primary N) is 1. The van der Waals surface area contributed by atoms with Gasteiger partial charge in [0.1, 0.15) is 12.3 Å². The first-order valence-corrected chi connectivity index (χ1v) is 4.78. The molecule has 3 N–H and O–H groups in total. The Morgan fingerprint density at radius 2 is 2.27 bits per heavy atom. The fourth-order valence-electron chi connectivity index (χ4n) is 1.57. The van der Waals surface area contributed by atoms with Gasteiger partial charge in [0, 0.05) is 10.7 Å². The van der Waals surface area contributed by atoms with Crippen LogP contribution in [-0.4, -0.2) is 18.3 Å². The van der Waals surface area contributed by atoms with Crippen molar-refractivity contribution in [3.8, 4) is 0 Å². The molecule has 2 rings (SSSR count). The molecule has 0 aliphatic carbocycles. The molecule has 1 aromatic rings. The van der Waals surface area contributed by atoms with Crippen LogP contribution in [0.5, 0.6) is 0 Å². The molecule has 4 nitrogen and oxygen atoms in total. The number of cyclic esters (lactones) is 1. The lowest BCUT2D eigenvalue weighted by molar-refractivity contribution is -0.132. The normalized spacial score (nSPS) is 20.5. The van der Waals surface area contributed by atoms with E-state index in [2.05, 4.69) is 0 Å². The molecule has 0 unspecified atom stereocenters. The van der Waals surface area contributed by atoms with E-state index < -0.39 is 5.97 Å². The van der Waals surface area contributed by atoms with Crippen LogP contribution in [-0.2, 0) is 9.53 Å². The molecule has 15 heavy (non-hydrogen) atoms. The fourth-order valence-corrected chi connectivity index (χ4v) is 1.75. The van der Waals surface area contributed by atoms with Crippen molar-refractivity contribution in [3.05, 3.63) is 28.8 Å². The second-order valence-corrected chi connectivity index (χ2v) is 3.77. The molecular weight excluding hydrogens is 216 g/mol. The monoisotopic (exact) mass is 224 g/mol. The fraction of sp³-hybridized carbons (Fsp3) is 0.200. The molecule has 1 aliphatic heterocycles. The molecule has 1 atom stereocenters. The molecule has 1 saturated heterocycles. The van der Waals surface area contributed by atoms with Crippen molar-refractivity contribution in [3.63, 3.8) is 0 Å². The largest absolute Gasteiger partial charge is 0.460 e. The van der Waals surface area contributed by atoms with Crippen molar-refractivity contribution < 1.29 is 9.53 Å². The molecule has 1 aromatic carbocycles. The summed E-state index contributed by atoms with van der Waals surface area (Å²) in [6, 6.07) is 5.01. The third-order valence-electron chi connectivity index (χ3n) is 2.37. The zero-order valence-electron chi connectivity index (χ0n) is 7.79. The van der Waals surface area contributed by atoms with Crippen LogP contribution in [0.2, 0.25) is 5.02 Å². The molecule has 0 spiro atoms. The standard InChI is InChI=1S/C10H9ClN2O2/c11-5-1-2-6(8(12)3-5)7-4-15-10(14)9(7)13/h1-3,7,13H,4,12H2/t7-/m0/s1. The summed E-state index contributed by atoms with van der Waals surface area (Å²) in [7, 11) is 0. The van der Waals surface area contributed by atoms with E-state index in [0.717, 1.165) is 5.56 Å². The topological polar surface area (TPSA) is 76.2 Å². The van der Waals surface area contributed by atoms with Crippen molar-refractivity contribution >= 4 is 29.0 Å². The number of hydrogen-bond acceptors (Lipinski definition) is 4. The summed E-state index contributed by atoms with van der Waals surface area (Å²) in [5, 5.41) is 8.07. The van der Waals surface area contributed by atoms with Gasteiger partial charge in [0.15, 0.2) is 0 Å². The Hall–Kier alpha value is -1.55. The van der Waals surface area contributed by atoms with Crippen LogP contribution in [0.15, 0.2) is 18.2 Å². The molecule has 0 bridgehead atoms. The van der Waals surface area contributed by atoms with Gasteiger partial charge < -0.3 is 10.5 Å². The van der Waals surface area contributed by atoms with E-state index in [1.54, 1.807) is 18.2 Å². The minimum atomic E-state index is -0.575. The van der Waals surface area contributed by atoms with Crippen LogP contribution < -0.4 is 5.73 Å². The van der Waals surface area contributed by atoms with E-state index >= 15 is 0 Å². The Labute approximate surface area is 91.5 Å². The number of carbonyl (C=O) groups excluding carboxylic acids is 1. The zero-order valence-corrected chi connectivity index (χ0v) is 8.54. The quantitative estimate of drug-likeness (QED) is 0.562. The highest BCUT2D eigenvalue weighted by Crippen LogP contribution is 2.29. The van der Waals surface area contributed by atoms with Crippen LogP contribution in [0.4, 0.5) is 5.69 Å². The number of nitrogen functional groups attached to an aromatic ring is 1. The SMILES string of the molecule is N=C1C(=O)OC[C@H]1c1ccc(Cl)cc1N. The lowest BCUT2D eigenvalue weighted by Gasteiger charge is -2.10. The van der Waals surface area contributed by atoms with Crippen LogP contribution in [0.25, 0.3) is 0 Å². The minimum Gasteiger partial charge on any atom is -0.460 e. The highest BCUT2D eigenvalue weighted by Gasteiger charge is 2.33. The van der Waals surface area contributed by atoms with Crippen LogP contribution >= 0.6 is 11.6 Å². The Kier molecular flexibility index (Phi) is 2.36. The van der Waals surface area contributed by atoms with Gasteiger partial charge in [-0.2, -0.15) is 0 Å². The van der Waals surface area contributed by atoms with Crippen molar-refractivity contribution in [2.24, 2.45) is 0 Å². The van der Waals surface area contributed by atoms with Gasteiger partial charge >= 0.3 is 5.97 Å². The van der Waals surface area contributed by atoms with E-state index in [-0.39, 0.29) is 18.2 Å². The first-order chi connectivity index (χ1) is 7.09. The van der Waals surface area contributed by atoms with Gasteiger partial charge in [-0.15, -0.1) is 0 Å². The van der Waals surface area contributed by atoms with Crippen molar-refractivity contribution in [1.29, 1.82) is 5.41 Å². The average Bonchev–Trinajstić information content (AvgIpc) is 2.49. The van der Waals surface area contributed by atoms with Gasteiger partial charge in [-0.1, -0.05) is 17.7 Å². The molecule has 0 radical (unpaired) electrons. The molecule has 5 heteroatoms. The number of benzene rings is 1. The summed E-state index contributed by atoms with van der Waals surface area (Å²) in [4.78, 5) is 11.0.